The molecule has 4 heterocycles. The Bertz CT molecular complexity index is 1330. The first-order chi connectivity index (χ1) is 16.0. The molecule has 176 valence electrons. The van der Waals surface area contributed by atoms with Crippen molar-refractivity contribution in [1.29, 1.82) is 0 Å². The molecule has 1 atom stereocenters. The van der Waals surface area contributed by atoms with Crippen LogP contribution < -0.4 is 10.2 Å². The summed E-state index contributed by atoms with van der Waals surface area (Å²) in [7, 11) is 0. The quantitative estimate of drug-likeness (QED) is 0.469. The molecular formula is C25H26ClFN6O. The van der Waals surface area contributed by atoms with Gasteiger partial charge in [0.2, 0.25) is 0 Å². The number of pyridine rings is 1. The number of hydrogen-bond acceptors (Lipinski definition) is 5. The van der Waals surface area contributed by atoms with E-state index in [-0.39, 0.29) is 29.9 Å². The number of piperidine rings is 1. The van der Waals surface area contributed by atoms with Crippen LogP contribution in [0, 0.1) is 19.7 Å². The van der Waals surface area contributed by atoms with Gasteiger partial charge in [-0.2, -0.15) is 5.10 Å². The SMILES string of the molecule is Cc1cnc2c(-c3ccc(C(=O)N(c4ncccc4C)[C@@H]4CCCNC4)cc3F)cnn2c1.Cl. The maximum Gasteiger partial charge on any atom is 0.259 e. The maximum atomic E-state index is 15.3. The van der Waals surface area contributed by atoms with Crippen molar-refractivity contribution in [2.24, 2.45) is 0 Å². The lowest BCUT2D eigenvalue weighted by molar-refractivity contribution is 0.0971. The molecule has 9 heteroatoms. The van der Waals surface area contributed by atoms with E-state index >= 15 is 4.39 Å². The Morgan fingerprint density at radius 2 is 2.03 bits per heavy atom. The monoisotopic (exact) mass is 480 g/mol. The van der Waals surface area contributed by atoms with Crippen LogP contribution in [-0.4, -0.2) is 44.6 Å². The van der Waals surface area contributed by atoms with Gasteiger partial charge in [0.25, 0.3) is 5.91 Å². The minimum absolute atomic E-state index is 0. The summed E-state index contributed by atoms with van der Waals surface area (Å²) >= 11 is 0. The lowest BCUT2D eigenvalue weighted by Gasteiger charge is -2.34. The number of aromatic nitrogens is 4. The smallest absolute Gasteiger partial charge is 0.259 e. The molecule has 34 heavy (non-hydrogen) atoms. The van der Waals surface area contributed by atoms with Crippen molar-refractivity contribution >= 4 is 29.8 Å². The molecule has 1 N–H and O–H groups in total. The van der Waals surface area contributed by atoms with Gasteiger partial charge in [-0.25, -0.2) is 18.9 Å². The zero-order valence-corrected chi connectivity index (χ0v) is 19.8. The van der Waals surface area contributed by atoms with E-state index < -0.39 is 5.82 Å². The number of benzene rings is 1. The molecule has 5 rings (SSSR count). The van der Waals surface area contributed by atoms with Gasteiger partial charge < -0.3 is 5.32 Å². The number of halogens is 2. The average molecular weight is 481 g/mol. The molecule has 1 aliphatic heterocycles. The van der Waals surface area contributed by atoms with Crippen molar-refractivity contribution in [2.45, 2.75) is 32.7 Å². The van der Waals surface area contributed by atoms with E-state index in [1.54, 1.807) is 40.1 Å². The molecule has 0 bridgehead atoms. The first-order valence-corrected chi connectivity index (χ1v) is 11.1. The number of rotatable bonds is 4. The van der Waals surface area contributed by atoms with Gasteiger partial charge in [0, 0.05) is 41.8 Å². The third-order valence-electron chi connectivity index (χ3n) is 6.06. The van der Waals surface area contributed by atoms with Crippen molar-refractivity contribution in [3.05, 3.63) is 77.6 Å². The van der Waals surface area contributed by atoms with E-state index in [2.05, 4.69) is 20.4 Å². The van der Waals surface area contributed by atoms with Crippen LogP contribution in [0.3, 0.4) is 0 Å². The van der Waals surface area contributed by atoms with Crippen LogP contribution in [0.1, 0.15) is 34.3 Å². The van der Waals surface area contributed by atoms with Gasteiger partial charge in [-0.3, -0.25) is 9.69 Å². The van der Waals surface area contributed by atoms with Crippen LogP contribution in [0.4, 0.5) is 10.2 Å². The Morgan fingerprint density at radius 1 is 1.18 bits per heavy atom. The fourth-order valence-corrected chi connectivity index (χ4v) is 4.38. The molecule has 0 aliphatic carbocycles. The summed E-state index contributed by atoms with van der Waals surface area (Å²) in [6, 6.07) is 8.33. The van der Waals surface area contributed by atoms with E-state index in [0.717, 1.165) is 30.5 Å². The van der Waals surface area contributed by atoms with Crippen LogP contribution >= 0.6 is 12.4 Å². The zero-order valence-electron chi connectivity index (χ0n) is 19.0. The molecule has 4 aromatic rings. The normalized spacial score (nSPS) is 15.7. The van der Waals surface area contributed by atoms with Gasteiger partial charge in [0.05, 0.1) is 12.2 Å². The largest absolute Gasteiger partial charge is 0.315 e. The number of carbonyl (C=O) groups excluding carboxylic acids is 1. The van der Waals surface area contributed by atoms with Crippen LogP contribution in [0.2, 0.25) is 0 Å². The molecule has 3 aromatic heterocycles. The number of amides is 1. The van der Waals surface area contributed by atoms with E-state index in [1.165, 1.54) is 6.07 Å². The number of aryl methyl sites for hydroxylation is 2. The second kappa shape index (κ2) is 9.87. The van der Waals surface area contributed by atoms with Gasteiger partial charge in [-0.1, -0.05) is 12.1 Å². The molecule has 1 aromatic carbocycles. The fourth-order valence-electron chi connectivity index (χ4n) is 4.38. The predicted octanol–water partition coefficient (Wildman–Crippen LogP) is 4.37. The van der Waals surface area contributed by atoms with Gasteiger partial charge in [-0.05, 0) is 62.6 Å². The van der Waals surface area contributed by atoms with E-state index in [1.807, 2.05) is 32.2 Å². The molecule has 1 fully saturated rings. The second-order valence-electron chi connectivity index (χ2n) is 8.47. The number of anilines is 1. The summed E-state index contributed by atoms with van der Waals surface area (Å²) in [5, 5.41) is 7.65. The molecule has 1 aliphatic rings. The molecule has 7 nitrogen and oxygen atoms in total. The molecule has 0 radical (unpaired) electrons. The summed E-state index contributed by atoms with van der Waals surface area (Å²) in [4.78, 5) is 24.3. The number of nitrogens with zero attached hydrogens (tertiary/aromatic N) is 5. The maximum absolute atomic E-state index is 15.3. The van der Waals surface area contributed by atoms with Gasteiger partial charge in [-0.15, -0.1) is 12.4 Å². The number of fused-ring (bicyclic) bond motifs is 1. The van der Waals surface area contributed by atoms with Crippen LogP contribution in [0.5, 0.6) is 0 Å². The van der Waals surface area contributed by atoms with E-state index in [9.17, 15) is 4.79 Å². The first kappa shape index (κ1) is 23.8. The van der Waals surface area contributed by atoms with Crippen LogP contribution in [0.25, 0.3) is 16.8 Å². The fraction of sp³-hybridized carbons (Fsp3) is 0.280. The van der Waals surface area contributed by atoms with Crippen LogP contribution in [-0.2, 0) is 0 Å². The Hall–Kier alpha value is -3.36. The molecular weight excluding hydrogens is 455 g/mol. The average Bonchev–Trinajstić information content (AvgIpc) is 3.23. The third-order valence-corrected chi connectivity index (χ3v) is 6.06. The summed E-state index contributed by atoms with van der Waals surface area (Å²) in [6.45, 7) is 5.46. The minimum Gasteiger partial charge on any atom is -0.315 e. The van der Waals surface area contributed by atoms with Gasteiger partial charge in [0.1, 0.15) is 11.6 Å². The Kier molecular flexibility index (Phi) is 6.90. The number of nitrogens with one attached hydrogen (secondary N) is 1. The van der Waals surface area contributed by atoms with Gasteiger partial charge in [0.15, 0.2) is 5.65 Å². The summed E-state index contributed by atoms with van der Waals surface area (Å²) < 4.78 is 16.9. The highest BCUT2D eigenvalue weighted by atomic mass is 35.5. The highest BCUT2D eigenvalue weighted by Crippen LogP contribution is 2.29. The molecule has 1 saturated heterocycles. The summed E-state index contributed by atoms with van der Waals surface area (Å²) in [6.07, 6.45) is 8.67. The summed E-state index contributed by atoms with van der Waals surface area (Å²) in [5.41, 5.74) is 3.66. The molecule has 0 unspecified atom stereocenters. The molecule has 0 spiro atoms. The minimum atomic E-state index is -0.488. The van der Waals surface area contributed by atoms with Crippen molar-refractivity contribution in [1.82, 2.24) is 24.9 Å². The van der Waals surface area contributed by atoms with Gasteiger partial charge >= 0.3 is 0 Å². The highest BCUT2D eigenvalue weighted by molar-refractivity contribution is 6.06. The first-order valence-electron chi connectivity index (χ1n) is 11.1. The third kappa shape index (κ3) is 4.38. The standard InChI is InChI=1S/C25H25FN6O.ClH/c1-16-12-29-24-21(14-30-31(24)15-16)20-8-7-18(11-22(20)26)25(33)32(19-6-4-9-27-13-19)23-17(2)5-3-10-28-23;/h3,5,7-8,10-12,14-15,19,27H,4,6,9,13H2,1-2H3;1H/t19-;/m1./s1. The van der Waals surface area contributed by atoms with Crippen LogP contribution in [0.15, 0.2) is 55.1 Å². The van der Waals surface area contributed by atoms with E-state index in [4.69, 9.17) is 0 Å². The number of hydrogen-bond donors (Lipinski definition) is 1. The zero-order chi connectivity index (χ0) is 22.9. The predicted molar refractivity (Wildman–Crippen MR) is 132 cm³/mol. The van der Waals surface area contributed by atoms with Crippen molar-refractivity contribution in [3.8, 4) is 11.1 Å². The Morgan fingerprint density at radius 3 is 2.76 bits per heavy atom. The van der Waals surface area contributed by atoms with E-state index in [0.29, 0.717) is 29.1 Å². The Balaban J connectivity index is 0.00000274. The summed E-state index contributed by atoms with van der Waals surface area (Å²) in [5.74, 6) is -0.134. The lowest BCUT2D eigenvalue weighted by Crippen LogP contribution is -2.49. The lowest BCUT2D eigenvalue weighted by atomic mass is 10.0. The second-order valence-corrected chi connectivity index (χ2v) is 8.47. The topological polar surface area (TPSA) is 75.4 Å². The van der Waals surface area contributed by atoms with Crippen molar-refractivity contribution in [3.63, 3.8) is 0 Å². The molecule has 0 saturated carbocycles. The van der Waals surface area contributed by atoms with Crippen molar-refractivity contribution < 1.29 is 9.18 Å². The van der Waals surface area contributed by atoms with Crippen molar-refractivity contribution in [2.75, 3.05) is 18.0 Å². The Labute approximate surface area is 203 Å². The molecule has 1 amide bonds. The number of carbonyl (C=O) groups is 1. The highest BCUT2D eigenvalue weighted by Gasteiger charge is 2.30.